The summed E-state index contributed by atoms with van der Waals surface area (Å²) in [5, 5.41) is 17.8. The fraction of sp³-hybridized carbons (Fsp3) is 0.300. The van der Waals surface area contributed by atoms with Crippen LogP contribution < -0.4 is 9.46 Å². The van der Waals surface area contributed by atoms with E-state index in [0.29, 0.717) is 0 Å². The number of sulfonamides is 1. The molecule has 110 valence electrons. The minimum Gasteiger partial charge on any atom is -0.496 e. The average Bonchev–Trinajstić information content (AvgIpc) is 2.37. The number of anilines is 1. The van der Waals surface area contributed by atoms with Gasteiger partial charge in [0.15, 0.2) is 5.25 Å². The molecule has 0 spiro atoms. The highest BCUT2D eigenvalue weighted by atomic mass is 32.2. The van der Waals surface area contributed by atoms with Gasteiger partial charge >= 0.3 is 5.97 Å². The number of aliphatic carboxylic acids is 1. The number of carboxylic acid groups (broad SMARTS) is 1. The second-order valence-corrected chi connectivity index (χ2v) is 5.77. The normalized spacial score (nSPS) is 12.5. The summed E-state index contributed by atoms with van der Waals surface area (Å²) in [5.41, 5.74) is -0.866. The van der Waals surface area contributed by atoms with Gasteiger partial charge in [-0.25, -0.2) is 8.42 Å². The molecule has 0 bridgehead atoms. The van der Waals surface area contributed by atoms with Crippen molar-refractivity contribution in [3.8, 4) is 5.75 Å². The lowest BCUT2D eigenvalue weighted by Crippen LogP contribution is -2.32. The lowest BCUT2D eigenvalue weighted by molar-refractivity contribution is -0.384. The third-order valence-corrected chi connectivity index (χ3v) is 4.10. The standard InChI is InChI=1S/C10H12N2O7S/c1-6(10(13)14)20(17,18)11-8-4-3-7(19-2)5-9(8)12(15)16/h3-6,11H,1-2H3,(H,13,14). The van der Waals surface area contributed by atoms with E-state index in [1.54, 1.807) is 0 Å². The molecule has 0 saturated heterocycles. The molecule has 1 atom stereocenters. The third kappa shape index (κ3) is 3.35. The van der Waals surface area contributed by atoms with E-state index in [9.17, 15) is 23.3 Å². The number of nitro groups is 1. The number of benzene rings is 1. The Morgan fingerprint density at radius 2 is 2.10 bits per heavy atom. The number of nitrogens with one attached hydrogen (secondary N) is 1. The van der Waals surface area contributed by atoms with Crippen molar-refractivity contribution in [2.24, 2.45) is 0 Å². The van der Waals surface area contributed by atoms with Gasteiger partial charge in [-0.2, -0.15) is 0 Å². The van der Waals surface area contributed by atoms with Gasteiger partial charge in [0.2, 0.25) is 10.0 Å². The van der Waals surface area contributed by atoms with Gasteiger partial charge < -0.3 is 9.84 Å². The number of hydrogen-bond acceptors (Lipinski definition) is 6. The van der Waals surface area contributed by atoms with Gasteiger partial charge in [0, 0.05) is 0 Å². The number of ether oxygens (including phenoxy) is 1. The predicted octanol–water partition coefficient (Wildman–Crippen LogP) is 0.818. The fourth-order valence-corrected chi connectivity index (χ4v) is 2.17. The van der Waals surface area contributed by atoms with Gasteiger partial charge in [-0.15, -0.1) is 0 Å². The van der Waals surface area contributed by atoms with Gasteiger partial charge in [0.25, 0.3) is 5.69 Å². The summed E-state index contributed by atoms with van der Waals surface area (Å²) in [4.78, 5) is 20.8. The molecular formula is C10H12N2O7S. The molecular weight excluding hydrogens is 292 g/mol. The average molecular weight is 304 g/mol. The zero-order valence-electron chi connectivity index (χ0n) is 10.6. The Morgan fingerprint density at radius 3 is 2.55 bits per heavy atom. The van der Waals surface area contributed by atoms with E-state index < -0.39 is 31.9 Å². The number of carbonyl (C=O) groups is 1. The molecule has 1 aromatic rings. The lowest BCUT2D eigenvalue weighted by atomic mass is 10.2. The highest BCUT2D eigenvalue weighted by molar-refractivity contribution is 7.94. The SMILES string of the molecule is COc1ccc(NS(=O)(=O)C(C)C(=O)O)c([N+](=O)[O-])c1. The van der Waals surface area contributed by atoms with E-state index in [4.69, 9.17) is 9.84 Å². The molecule has 0 fully saturated rings. The third-order valence-electron chi connectivity index (χ3n) is 2.47. The number of nitrogens with zero attached hydrogens (tertiary/aromatic N) is 1. The minimum atomic E-state index is -4.28. The number of hydrogen-bond donors (Lipinski definition) is 2. The van der Waals surface area contributed by atoms with Crippen LogP contribution in [0.2, 0.25) is 0 Å². The van der Waals surface area contributed by atoms with Crippen LogP contribution in [0.3, 0.4) is 0 Å². The molecule has 10 heteroatoms. The van der Waals surface area contributed by atoms with Crippen LogP contribution in [-0.2, 0) is 14.8 Å². The Kier molecular flexibility index (Phi) is 4.50. The molecule has 0 aliphatic heterocycles. The molecule has 1 rings (SSSR count). The predicted molar refractivity (Wildman–Crippen MR) is 69.3 cm³/mol. The molecule has 20 heavy (non-hydrogen) atoms. The second kappa shape index (κ2) is 5.74. The van der Waals surface area contributed by atoms with E-state index >= 15 is 0 Å². The summed E-state index contributed by atoms with van der Waals surface area (Å²) in [6.45, 7) is 0.958. The van der Waals surface area contributed by atoms with Crippen LogP contribution >= 0.6 is 0 Å². The summed E-state index contributed by atoms with van der Waals surface area (Å²) in [6.07, 6.45) is 0. The first-order chi connectivity index (χ1) is 9.19. The fourth-order valence-electron chi connectivity index (χ4n) is 1.25. The zero-order valence-corrected chi connectivity index (χ0v) is 11.4. The molecule has 1 unspecified atom stereocenters. The molecule has 9 nitrogen and oxygen atoms in total. The summed E-state index contributed by atoms with van der Waals surface area (Å²) in [6, 6.07) is 3.47. The summed E-state index contributed by atoms with van der Waals surface area (Å²) in [5.74, 6) is -1.39. The Hall–Kier alpha value is -2.36. The van der Waals surface area contributed by atoms with Crippen LogP contribution in [0.1, 0.15) is 6.92 Å². The van der Waals surface area contributed by atoms with Gasteiger partial charge in [-0.3, -0.25) is 19.6 Å². The second-order valence-electron chi connectivity index (χ2n) is 3.77. The van der Waals surface area contributed by atoms with Gasteiger partial charge in [-0.1, -0.05) is 0 Å². The molecule has 0 aliphatic carbocycles. The Morgan fingerprint density at radius 1 is 1.50 bits per heavy atom. The van der Waals surface area contributed by atoms with Crippen LogP contribution in [0, 0.1) is 10.1 Å². The Balaban J connectivity index is 3.22. The molecule has 0 aliphatic rings. The van der Waals surface area contributed by atoms with Crippen molar-refractivity contribution in [2.75, 3.05) is 11.8 Å². The van der Waals surface area contributed by atoms with Crippen LogP contribution in [0.15, 0.2) is 18.2 Å². The van der Waals surface area contributed by atoms with Crippen LogP contribution in [0.4, 0.5) is 11.4 Å². The topological polar surface area (TPSA) is 136 Å². The molecule has 0 heterocycles. The largest absolute Gasteiger partial charge is 0.496 e. The van der Waals surface area contributed by atoms with Crippen molar-refractivity contribution in [3.63, 3.8) is 0 Å². The van der Waals surface area contributed by atoms with Crippen molar-refractivity contribution in [1.82, 2.24) is 0 Å². The maximum atomic E-state index is 11.7. The van der Waals surface area contributed by atoms with Crippen molar-refractivity contribution < 1.29 is 28.0 Å². The maximum absolute atomic E-state index is 11.7. The van der Waals surface area contributed by atoms with E-state index in [2.05, 4.69) is 0 Å². The van der Waals surface area contributed by atoms with E-state index in [0.717, 1.165) is 19.1 Å². The first-order valence-electron chi connectivity index (χ1n) is 5.26. The molecule has 0 radical (unpaired) electrons. The van der Waals surface area contributed by atoms with Gasteiger partial charge in [-0.05, 0) is 19.1 Å². The Bertz CT molecular complexity index is 641. The van der Waals surface area contributed by atoms with E-state index in [1.165, 1.54) is 13.2 Å². The summed E-state index contributed by atoms with van der Waals surface area (Å²) < 4.78 is 30.1. The lowest BCUT2D eigenvalue weighted by Gasteiger charge is -2.11. The zero-order chi connectivity index (χ0) is 15.5. The number of methoxy groups -OCH3 is 1. The van der Waals surface area contributed by atoms with Crippen LogP contribution in [-0.4, -0.2) is 36.8 Å². The maximum Gasteiger partial charge on any atom is 0.323 e. The van der Waals surface area contributed by atoms with E-state index in [-0.39, 0.29) is 11.4 Å². The Labute approximate surface area is 114 Å². The smallest absolute Gasteiger partial charge is 0.323 e. The molecule has 1 aromatic carbocycles. The van der Waals surface area contributed by atoms with Crippen molar-refractivity contribution in [1.29, 1.82) is 0 Å². The van der Waals surface area contributed by atoms with Crippen molar-refractivity contribution in [2.45, 2.75) is 12.2 Å². The van der Waals surface area contributed by atoms with E-state index in [1.807, 2.05) is 4.72 Å². The van der Waals surface area contributed by atoms with Gasteiger partial charge in [0.1, 0.15) is 11.4 Å². The number of carboxylic acids is 1. The summed E-state index contributed by atoms with van der Waals surface area (Å²) >= 11 is 0. The molecule has 0 aromatic heterocycles. The first-order valence-corrected chi connectivity index (χ1v) is 6.80. The van der Waals surface area contributed by atoms with Crippen molar-refractivity contribution >= 4 is 27.4 Å². The van der Waals surface area contributed by atoms with Crippen LogP contribution in [0.25, 0.3) is 0 Å². The van der Waals surface area contributed by atoms with Gasteiger partial charge in [0.05, 0.1) is 18.1 Å². The van der Waals surface area contributed by atoms with Crippen LogP contribution in [0.5, 0.6) is 5.75 Å². The molecule has 2 N–H and O–H groups in total. The quantitative estimate of drug-likeness (QED) is 0.586. The highest BCUT2D eigenvalue weighted by Gasteiger charge is 2.30. The highest BCUT2D eigenvalue weighted by Crippen LogP contribution is 2.30. The first kappa shape index (κ1) is 15.7. The number of nitro benzene ring substituents is 1. The monoisotopic (exact) mass is 304 g/mol. The molecule has 0 saturated carbocycles. The van der Waals surface area contributed by atoms with Crippen molar-refractivity contribution in [3.05, 3.63) is 28.3 Å². The number of rotatable bonds is 6. The minimum absolute atomic E-state index is 0.172. The summed E-state index contributed by atoms with van der Waals surface area (Å²) in [7, 11) is -2.98. The molecule has 0 amide bonds.